The normalized spacial score (nSPS) is 10.4. The molecule has 0 spiro atoms. The average molecular weight is 411 g/mol. The highest BCUT2D eigenvalue weighted by atomic mass is 19.2. The molecule has 2 aromatic carbocycles. The molecule has 0 fully saturated rings. The summed E-state index contributed by atoms with van der Waals surface area (Å²) in [7, 11) is 1.25. The van der Waals surface area contributed by atoms with Crippen molar-refractivity contribution in [1.29, 1.82) is 0 Å². The molecule has 2 amide bonds. The van der Waals surface area contributed by atoms with Crippen LogP contribution in [0.4, 0.5) is 20.2 Å². The van der Waals surface area contributed by atoms with E-state index in [9.17, 15) is 18.4 Å². The van der Waals surface area contributed by atoms with E-state index in [4.69, 9.17) is 4.74 Å². The number of nitrogens with zero attached hydrogens (tertiary/aromatic N) is 1. The van der Waals surface area contributed by atoms with E-state index in [0.717, 1.165) is 6.07 Å². The fraction of sp³-hybridized carbons (Fsp3) is 0.136. The van der Waals surface area contributed by atoms with Gasteiger partial charge < -0.3 is 15.4 Å². The third-order valence-corrected chi connectivity index (χ3v) is 4.51. The number of pyridine rings is 1. The second kappa shape index (κ2) is 8.69. The van der Waals surface area contributed by atoms with Crippen molar-refractivity contribution in [3.05, 3.63) is 82.7 Å². The van der Waals surface area contributed by atoms with Crippen molar-refractivity contribution >= 4 is 23.2 Å². The molecule has 1 heterocycles. The van der Waals surface area contributed by atoms with Gasteiger partial charge in [-0.2, -0.15) is 0 Å². The molecule has 0 aliphatic carbocycles. The zero-order valence-electron chi connectivity index (χ0n) is 16.5. The lowest BCUT2D eigenvalue weighted by molar-refractivity contribution is 0.101. The summed E-state index contributed by atoms with van der Waals surface area (Å²) in [5.74, 6) is -3.89. The first kappa shape index (κ1) is 20.9. The summed E-state index contributed by atoms with van der Waals surface area (Å²) in [6.45, 7) is 3.47. The molecule has 0 aliphatic heterocycles. The number of methoxy groups -OCH3 is 1. The Morgan fingerprint density at radius 2 is 1.70 bits per heavy atom. The van der Waals surface area contributed by atoms with Crippen LogP contribution in [0, 0.1) is 25.5 Å². The van der Waals surface area contributed by atoms with E-state index in [0.29, 0.717) is 16.9 Å². The first-order valence-electron chi connectivity index (χ1n) is 8.98. The number of aryl methyl sites for hydroxylation is 2. The van der Waals surface area contributed by atoms with Crippen LogP contribution < -0.4 is 15.4 Å². The fourth-order valence-corrected chi connectivity index (χ4v) is 2.81. The SMILES string of the molecule is COc1ccc(F)c(F)c1C(=O)Nc1cc(C(=O)Nc2cccnc2C)ccc1C. The molecular formula is C22H19F2N3O3. The molecule has 8 heteroatoms. The Balaban J connectivity index is 1.88. The molecule has 0 radical (unpaired) electrons. The quantitative estimate of drug-likeness (QED) is 0.648. The zero-order chi connectivity index (χ0) is 21.8. The highest BCUT2D eigenvalue weighted by molar-refractivity contribution is 6.09. The van der Waals surface area contributed by atoms with Crippen LogP contribution in [0.3, 0.4) is 0 Å². The number of nitrogens with one attached hydrogen (secondary N) is 2. The van der Waals surface area contributed by atoms with Gasteiger partial charge in [-0.15, -0.1) is 0 Å². The van der Waals surface area contributed by atoms with Gasteiger partial charge in [0.1, 0.15) is 11.3 Å². The van der Waals surface area contributed by atoms with E-state index >= 15 is 0 Å². The third kappa shape index (κ3) is 4.27. The van der Waals surface area contributed by atoms with Crippen LogP contribution in [0.15, 0.2) is 48.7 Å². The largest absolute Gasteiger partial charge is 0.496 e. The Morgan fingerprint density at radius 1 is 0.967 bits per heavy atom. The van der Waals surface area contributed by atoms with Crippen LogP contribution in [-0.4, -0.2) is 23.9 Å². The highest BCUT2D eigenvalue weighted by Crippen LogP contribution is 2.26. The number of halogens is 2. The molecule has 0 aliphatic rings. The first-order chi connectivity index (χ1) is 14.3. The van der Waals surface area contributed by atoms with Gasteiger partial charge in [0.2, 0.25) is 0 Å². The molecule has 0 atom stereocenters. The number of rotatable bonds is 5. The summed E-state index contributed by atoms with van der Waals surface area (Å²) >= 11 is 0. The number of hydrogen-bond acceptors (Lipinski definition) is 4. The van der Waals surface area contributed by atoms with Crippen molar-refractivity contribution in [2.75, 3.05) is 17.7 Å². The summed E-state index contributed by atoms with van der Waals surface area (Å²) < 4.78 is 32.8. The monoisotopic (exact) mass is 411 g/mol. The summed E-state index contributed by atoms with van der Waals surface area (Å²) in [6.07, 6.45) is 1.62. The van der Waals surface area contributed by atoms with E-state index in [2.05, 4.69) is 15.6 Å². The Hall–Kier alpha value is -3.81. The van der Waals surface area contributed by atoms with Gasteiger partial charge in [-0.25, -0.2) is 8.78 Å². The molecule has 0 bridgehead atoms. The number of anilines is 2. The second-order valence-electron chi connectivity index (χ2n) is 6.51. The van der Waals surface area contributed by atoms with Gasteiger partial charge in [0, 0.05) is 17.4 Å². The standard InChI is InChI=1S/C22H19F2N3O3/c1-12-6-7-14(21(28)26-16-5-4-10-25-13(16)2)11-17(12)27-22(29)19-18(30-3)9-8-15(23)20(19)24/h4-11H,1-3H3,(H,26,28)(H,27,29). The molecular weight excluding hydrogens is 392 g/mol. The van der Waals surface area contributed by atoms with Crippen LogP contribution in [0.2, 0.25) is 0 Å². The lowest BCUT2D eigenvalue weighted by atomic mass is 10.1. The van der Waals surface area contributed by atoms with Crippen molar-refractivity contribution < 1.29 is 23.1 Å². The fourth-order valence-electron chi connectivity index (χ4n) is 2.81. The summed E-state index contributed by atoms with van der Waals surface area (Å²) in [4.78, 5) is 29.3. The van der Waals surface area contributed by atoms with Gasteiger partial charge in [-0.3, -0.25) is 14.6 Å². The number of benzene rings is 2. The predicted molar refractivity (Wildman–Crippen MR) is 109 cm³/mol. The number of amides is 2. The van der Waals surface area contributed by atoms with Crippen molar-refractivity contribution in [2.45, 2.75) is 13.8 Å². The van der Waals surface area contributed by atoms with E-state index in [1.165, 1.54) is 19.2 Å². The summed E-state index contributed by atoms with van der Waals surface area (Å²) in [5.41, 5.74) is 1.83. The Labute approximate surface area is 171 Å². The van der Waals surface area contributed by atoms with Gasteiger partial charge in [-0.05, 0) is 55.8 Å². The molecule has 2 N–H and O–H groups in total. The molecule has 0 saturated carbocycles. The predicted octanol–water partition coefficient (Wildman–Crippen LogP) is 4.49. The summed E-state index contributed by atoms with van der Waals surface area (Å²) in [5, 5.41) is 5.27. The van der Waals surface area contributed by atoms with Crippen LogP contribution >= 0.6 is 0 Å². The minimum absolute atomic E-state index is 0.106. The Morgan fingerprint density at radius 3 is 2.40 bits per heavy atom. The van der Waals surface area contributed by atoms with Crippen molar-refractivity contribution in [2.24, 2.45) is 0 Å². The highest BCUT2D eigenvalue weighted by Gasteiger charge is 2.22. The average Bonchev–Trinajstić information content (AvgIpc) is 2.73. The zero-order valence-corrected chi connectivity index (χ0v) is 16.5. The van der Waals surface area contributed by atoms with Gasteiger partial charge >= 0.3 is 0 Å². The van der Waals surface area contributed by atoms with E-state index < -0.39 is 29.0 Å². The van der Waals surface area contributed by atoms with Crippen LogP contribution in [0.25, 0.3) is 0 Å². The van der Waals surface area contributed by atoms with E-state index in [1.807, 2.05) is 0 Å². The molecule has 30 heavy (non-hydrogen) atoms. The minimum Gasteiger partial charge on any atom is -0.496 e. The number of carbonyl (C=O) groups excluding carboxylic acids is 2. The van der Waals surface area contributed by atoms with Crippen molar-refractivity contribution in [1.82, 2.24) is 4.98 Å². The molecule has 0 saturated heterocycles. The van der Waals surface area contributed by atoms with Gasteiger partial charge in [-0.1, -0.05) is 6.07 Å². The summed E-state index contributed by atoms with van der Waals surface area (Å²) in [6, 6.07) is 10.1. The smallest absolute Gasteiger partial charge is 0.262 e. The number of hydrogen-bond donors (Lipinski definition) is 2. The Kier molecular flexibility index (Phi) is 6.06. The maximum Gasteiger partial charge on any atom is 0.262 e. The molecule has 3 aromatic rings. The second-order valence-corrected chi connectivity index (χ2v) is 6.51. The van der Waals surface area contributed by atoms with Gasteiger partial charge in [0.05, 0.1) is 18.5 Å². The van der Waals surface area contributed by atoms with Crippen LogP contribution in [0.1, 0.15) is 32.0 Å². The maximum atomic E-state index is 14.2. The van der Waals surface area contributed by atoms with Gasteiger partial charge in [0.25, 0.3) is 11.8 Å². The van der Waals surface area contributed by atoms with Crippen LogP contribution in [-0.2, 0) is 0 Å². The number of aromatic nitrogens is 1. The van der Waals surface area contributed by atoms with Crippen LogP contribution in [0.5, 0.6) is 5.75 Å². The number of carbonyl (C=O) groups is 2. The lowest BCUT2D eigenvalue weighted by Crippen LogP contribution is -2.18. The van der Waals surface area contributed by atoms with E-state index in [1.54, 1.807) is 44.3 Å². The molecule has 0 unspecified atom stereocenters. The first-order valence-corrected chi connectivity index (χ1v) is 8.98. The number of ether oxygens (including phenoxy) is 1. The van der Waals surface area contributed by atoms with Crippen molar-refractivity contribution in [3.63, 3.8) is 0 Å². The Bertz CT molecular complexity index is 1130. The molecule has 154 valence electrons. The van der Waals surface area contributed by atoms with Crippen molar-refractivity contribution in [3.8, 4) is 5.75 Å². The van der Waals surface area contributed by atoms with Gasteiger partial charge in [0.15, 0.2) is 11.6 Å². The third-order valence-electron chi connectivity index (χ3n) is 4.51. The topological polar surface area (TPSA) is 80.3 Å². The lowest BCUT2D eigenvalue weighted by Gasteiger charge is -2.14. The molecule has 6 nitrogen and oxygen atoms in total. The van der Waals surface area contributed by atoms with E-state index in [-0.39, 0.29) is 17.0 Å². The molecule has 1 aromatic heterocycles. The molecule has 3 rings (SSSR count). The maximum absolute atomic E-state index is 14.2. The minimum atomic E-state index is -1.31.